The third-order valence-corrected chi connectivity index (χ3v) is 4.45. The molecule has 0 aliphatic heterocycles. The van der Waals surface area contributed by atoms with E-state index in [2.05, 4.69) is 19.2 Å². The van der Waals surface area contributed by atoms with E-state index in [-0.39, 0.29) is 17.5 Å². The molecule has 3 nitrogen and oxygen atoms in total. The predicted octanol–water partition coefficient (Wildman–Crippen LogP) is 4.11. The molecule has 1 aliphatic rings. The smallest absolute Gasteiger partial charge is 0.119 e. The van der Waals surface area contributed by atoms with Gasteiger partial charge in [-0.05, 0) is 56.2 Å². The Morgan fingerprint density at radius 1 is 1.10 bits per heavy atom. The number of aromatic hydroxyl groups is 2. The molecule has 2 rings (SSSR count). The van der Waals surface area contributed by atoms with Crippen LogP contribution in [0, 0.1) is 5.92 Å². The molecule has 1 atom stereocenters. The summed E-state index contributed by atoms with van der Waals surface area (Å²) in [6.45, 7) is 4.35. The van der Waals surface area contributed by atoms with E-state index in [9.17, 15) is 10.2 Å². The second-order valence-corrected chi connectivity index (χ2v) is 6.18. The topological polar surface area (TPSA) is 52.5 Å². The number of phenolic OH excluding ortho intramolecular Hbond substituents is 2. The quantitative estimate of drug-likeness (QED) is 0.759. The van der Waals surface area contributed by atoms with Gasteiger partial charge in [-0.25, -0.2) is 0 Å². The molecule has 0 amide bonds. The summed E-state index contributed by atoms with van der Waals surface area (Å²) < 4.78 is 0. The number of hydrogen-bond donors (Lipinski definition) is 3. The number of benzene rings is 1. The molecule has 1 unspecified atom stereocenters. The Morgan fingerprint density at radius 2 is 1.70 bits per heavy atom. The van der Waals surface area contributed by atoms with Gasteiger partial charge in [0.15, 0.2) is 0 Å². The zero-order chi connectivity index (χ0) is 14.5. The standard InChI is InChI=1S/C17H27NO2/c1-3-4-13-5-7-15(8-6-13)18-12(2)14-9-16(19)11-17(20)10-14/h9-13,15,18-20H,3-8H2,1-2H3. The molecule has 1 aliphatic carbocycles. The van der Waals surface area contributed by atoms with Crippen molar-refractivity contribution in [2.75, 3.05) is 0 Å². The fourth-order valence-corrected chi connectivity index (χ4v) is 3.34. The first-order chi connectivity index (χ1) is 9.58. The van der Waals surface area contributed by atoms with Gasteiger partial charge in [0.2, 0.25) is 0 Å². The van der Waals surface area contributed by atoms with Crippen LogP contribution in [-0.2, 0) is 0 Å². The third kappa shape index (κ3) is 4.14. The van der Waals surface area contributed by atoms with Gasteiger partial charge in [-0.15, -0.1) is 0 Å². The Bertz CT molecular complexity index is 405. The van der Waals surface area contributed by atoms with Gasteiger partial charge >= 0.3 is 0 Å². The van der Waals surface area contributed by atoms with Crippen molar-refractivity contribution in [3.63, 3.8) is 0 Å². The van der Waals surface area contributed by atoms with Gasteiger partial charge in [-0.1, -0.05) is 19.8 Å². The van der Waals surface area contributed by atoms with Crippen LogP contribution in [0.1, 0.15) is 64.0 Å². The van der Waals surface area contributed by atoms with Crippen LogP contribution in [0.25, 0.3) is 0 Å². The van der Waals surface area contributed by atoms with Crippen LogP contribution in [0.3, 0.4) is 0 Å². The summed E-state index contributed by atoms with van der Waals surface area (Å²) in [6, 6.07) is 5.52. The number of nitrogens with one attached hydrogen (secondary N) is 1. The van der Waals surface area contributed by atoms with Gasteiger partial charge in [0.1, 0.15) is 11.5 Å². The van der Waals surface area contributed by atoms with Crippen molar-refractivity contribution in [1.82, 2.24) is 5.32 Å². The summed E-state index contributed by atoms with van der Waals surface area (Å²) in [6.07, 6.45) is 7.77. The van der Waals surface area contributed by atoms with Crippen LogP contribution < -0.4 is 5.32 Å². The third-order valence-electron chi connectivity index (χ3n) is 4.45. The molecule has 1 aromatic carbocycles. The lowest BCUT2D eigenvalue weighted by Gasteiger charge is -2.31. The molecule has 3 heteroatoms. The second-order valence-electron chi connectivity index (χ2n) is 6.18. The Kier molecular flexibility index (Phi) is 5.30. The van der Waals surface area contributed by atoms with E-state index in [0.717, 1.165) is 11.5 Å². The molecule has 1 fully saturated rings. The van der Waals surface area contributed by atoms with Crippen molar-refractivity contribution in [1.29, 1.82) is 0 Å². The van der Waals surface area contributed by atoms with E-state index in [4.69, 9.17) is 0 Å². The first-order valence-corrected chi connectivity index (χ1v) is 7.87. The monoisotopic (exact) mass is 277 g/mol. The van der Waals surface area contributed by atoms with Crippen molar-refractivity contribution < 1.29 is 10.2 Å². The number of phenols is 2. The SMILES string of the molecule is CCCC1CCC(NC(C)c2cc(O)cc(O)c2)CC1. The molecule has 0 heterocycles. The first kappa shape index (κ1) is 15.2. The molecular weight excluding hydrogens is 250 g/mol. The lowest BCUT2D eigenvalue weighted by atomic mass is 9.83. The fourth-order valence-electron chi connectivity index (χ4n) is 3.34. The Morgan fingerprint density at radius 3 is 2.25 bits per heavy atom. The summed E-state index contributed by atoms with van der Waals surface area (Å²) in [5, 5.41) is 22.7. The molecular formula is C17H27NO2. The molecule has 0 bridgehead atoms. The maximum Gasteiger partial charge on any atom is 0.119 e. The van der Waals surface area contributed by atoms with E-state index >= 15 is 0 Å². The average molecular weight is 277 g/mol. The normalized spacial score (nSPS) is 24.5. The van der Waals surface area contributed by atoms with Gasteiger partial charge in [-0.2, -0.15) is 0 Å². The van der Waals surface area contributed by atoms with Crippen LogP contribution in [0.5, 0.6) is 11.5 Å². The van der Waals surface area contributed by atoms with Crippen molar-refractivity contribution in [2.24, 2.45) is 5.92 Å². The summed E-state index contributed by atoms with van der Waals surface area (Å²) in [5.74, 6) is 1.17. The highest BCUT2D eigenvalue weighted by atomic mass is 16.3. The van der Waals surface area contributed by atoms with Gasteiger partial charge in [-0.3, -0.25) is 0 Å². The molecule has 1 aromatic rings. The number of rotatable bonds is 5. The van der Waals surface area contributed by atoms with Crippen LogP contribution in [0.4, 0.5) is 0 Å². The molecule has 1 saturated carbocycles. The maximum atomic E-state index is 9.55. The van der Waals surface area contributed by atoms with E-state index < -0.39 is 0 Å². The lowest BCUT2D eigenvalue weighted by molar-refractivity contribution is 0.266. The van der Waals surface area contributed by atoms with Crippen molar-refractivity contribution >= 4 is 0 Å². The Balaban J connectivity index is 1.87. The van der Waals surface area contributed by atoms with E-state index in [1.165, 1.54) is 44.6 Å². The van der Waals surface area contributed by atoms with Gasteiger partial charge < -0.3 is 15.5 Å². The zero-order valence-electron chi connectivity index (χ0n) is 12.6. The largest absolute Gasteiger partial charge is 0.508 e. The van der Waals surface area contributed by atoms with E-state index in [0.29, 0.717) is 6.04 Å². The first-order valence-electron chi connectivity index (χ1n) is 7.87. The van der Waals surface area contributed by atoms with E-state index in [1.807, 2.05) is 0 Å². The van der Waals surface area contributed by atoms with Gasteiger partial charge in [0, 0.05) is 18.2 Å². The summed E-state index contributed by atoms with van der Waals surface area (Å²) >= 11 is 0. The number of hydrogen-bond acceptors (Lipinski definition) is 3. The Labute approximate surface area is 122 Å². The molecule has 3 N–H and O–H groups in total. The maximum absolute atomic E-state index is 9.55. The summed E-state index contributed by atoms with van der Waals surface area (Å²) in [4.78, 5) is 0. The zero-order valence-corrected chi connectivity index (χ0v) is 12.6. The lowest BCUT2D eigenvalue weighted by Crippen LogP contribution is -2.35. The van der Waals surface area contributed by atoms with Crippen molar-refractivity contribution in [2.45, 2.75) is 64.5 Å². The van der Waals surface area contributed by atoms with Crippen LogP contribution in [-0.4, -0.2) is 16.3 Å². The average Bonchev–Trinajstić information content (AvgIpc) is 2.40. The summed E-state index contributed by atoms with van der Waals surface area (Å²) in [5.41, 5.74) is 0.943. The van der Waals surface area contributed by atoms with Crippen LogP contribution in [0.15, 0.2) is 18.2 Å². The highest BCUT2D eigenvalue weighted by Crippen LogP contribution is 2.30. The minimum Gasteiger partial charge on any atom is -0.508 e. The van der Waals surface area contributed by atoms with Gasteiger partial charge in [0.05, 0.1) is 0 Å². The minimum absolute atomic E-state index is 0.125. The molecule has 0 saturated heterocycles. The Hall–Kier alpha value is -1.22. The van der Waals surface area contributed by atoms with Crippen molar-refractivity contribution in [3.8, 4) is 11.5 Å². The van der Waals surface area contributed by atoms with Crippen LogP contribution >= 0.6 is 0 Å². The minimum atomic E-state index is 0.125. The van der Waals surface area contributed by atoms with Gasteiger partial charge in [0.25, 0.3) is 0 Å². The molecule has 112 valence electrons. The highest BCUT2D eigenvalue weighted by Gasteiger charge is 2.22. The fraction of sp³-hybridized carbons (Fsp3) is 0.647. The molecule has 0 aromatic heterocycles. The molecule has 0 radical (unpaired) electrons. The molecule has 20 heavy (non-hydrogen) atoms. The summed E-state index contributed by atoms with van der Waals surface area (Å²) in [7, 11) is 0. The molecule has 0 spiro atoms. The highest BCUT2D eigenvalue weighted by molar-refractivity contribution is 5.37. The van der Waals surface area contributed by atoms with Crippen molar-refractivity contribution in [3.05, 3.63) is 23.8 Å². The second kappa shape index (κ2) is 6.98. The predicted molar refractivity (Wildman–Crippen MR) is 82.0 cm³/mol. The van der Waals surface area contributed by atoms with Crippen LogP contribution in [0.2, 0.25) is 0 Å². The van der Waals surface area contributed by atoms with E-state index in [1.54, 1.807) is 12.1 Å².